The average Bonchev–Trinajstić information content (AvgIpc) is 2.38. The van der Waals surface area contributed by atoms with E-state index >= 15 is 0 Å². The normalized spacial score (nSPS) is 11.0. The summed E-state index contributed by atoms with van der Waals surface area (Å²) in [5, 5.41) is 8.94. The van der Waals surface area contributed by atoms with E-state index in [1.54, 1.807) is 30.3 Å². The Labute approximate surface area is 113 Å². The lowest BCUT2D eigenvalue weighted by Gasteiger charge is -2.08. The minimum atomic E-state index is -3.23. The van der Waals surface area contributed by atoms with Crippen LogP contribution in [0, 0.1) is 18.3 Å². The zero-order valence-corrected chi connectivity index (χ0v) is 11.5. The molecule has 0 spiro atoms. The van der Waals surface area contributed by atoms with Crippen molar-refractivity contribution >= 4 is 9.84 Å². The zero-order valence-electron chi connectivity index (χ0n) is 10.7. The molecule has 0 aromatic heterocycles. The summed E-state index contributed by atoms with van der Waals surface area (Å²) in [4.78, 5) is 0.284. The number of aryl methyl sites for hydroxylation is 1. The molecule has 19 heavy (non-hydrogen) atoms. The highest BCUT2D eigenvalue weighted by Crippen LogP contribution is 2.26. The quantitative estimate of drug-likeness (QED) is 0.843. The van der Waals surface area contributed by atoms with Crippen molar-refractivity contribution < 1.29 is 8.42 Å². The number of hydrogen-bond acceptors (Lipinski definition) is 3. The maximum absolute atomic E-state index is 11.6. The van der Waals surface area contributed by atoms with Gasteiger partial charge in [0.15, 0.2) is 9.84 Å². The van der Waals surface area contributed by atoms with Crippen molar-refractivity contribution in [1.82, 2.24) is 0 Å². The van der Waals surface area contributed by atoms with Gasteiger partial charge in [-0.15, -0.1) is 0 Å². The van der Waals surface area contributed by atoms with Gasteiger partial charge in [0.25, 0.3) is 0 Å². The second-order valence-corrected chi connectivity index (χ2v) is 6.46. The van der Waals surface area contributed by atoms with E-state index in [9.17, 15) is 8.42 Å². The Bertz CT molecular complexity index is 771. The van der Waals surface area contributed by atoms with Crippen LogP contribution >= 0.6 is 0 Å². The van der Waals surface area contributed by atoms with E-state index in [2.05, 4.69) is 6.07 Å². The van der Waals surface area contributed by atoms with Gasteiger partial charge >= 0.3 is 0 Å². The average molecular weight is 271 g/mol. The molecule has 4 heteroatoms. The fourth-order valence-corrected chi connectivity index (χ4v) is 2.56. The molecule has 0 unspecified atom stereocenters. The van der Waals surface area contributed by atoms with Crippen molar-refractivity contribution in [2.75, 3.05) is 6.26 Å². The van der Waals surface area contributed by atoms with Crippen LogP contribution in [0.15, 0.2) is 47.4 Å². The molecule has 0 saturated carbocycles. The molecule has 0 fully saturated rings. The molecule has 0 aliphatic heterocycles. The summed E-state index contributed by atoms with van der Waals surface area (Å²) < 4.78 is 23.1. The highest BCUT2D eigenvalue weighted by Gasteiger charge is 2.09. The molecule has 0 heterocycles. The van der Waals surface area contributed by atoms with Crippen molar-refractivity contribution in [3.63, 3.8) is 0 Å². The topological polar surface area (TPSA) is 57.9 Å². The third kappa shape index (κ3) is 2.83. The third-order valence-electron chi connectivity index (χ3n) is 2.94. The molecule has 0 saturated heterocycles. The Morgan fingerprint density at radius 1 is 1.11 bits per heavy atom. The van der Waals surface area contributed by atoms with Crippen LogP contribution in [-0.4, -0.2) is 14.7 Å². The lowest BCUT2D eigenvalue weighted by Crippen LogP contribution is -1.97. The number of benzene rings is 2. The Hall–Kier alpha value is -2.12. The van der Waals surface area contributed by atoms with Gasteiger partial charge < -0.3 is 0 Å². The van der Waals surface area contributed by atoms with E-state index < -0.39 is 9.84 Å². The van der Waals surface area contributed by atoms with Gasteiger partial charge in [-0.3, -0.25) is 0 Å². The molecule has 0 amide bonds. The molecule has 0 N–H and O–H groups in total. The smallest absolute Gasteiger partial charge is 0.175 e. The minimum absolute atomic E-state index is 0.284. The van der Waals surface area contributed by atoms with Crippen LogP contribution in [0.2, 0.25) is 0 Å². The van der Waals surface area contributed by atoms with Crippen LogP contribution in [0.4, 0.5) is 0 Å². The molecular formula is C15H13NO2S. The van der Waals surface area contributed by atoms with Crippen molar-refractivity contribution in [3.8, 4) is 17.2 Å². The summed E-state index contributed by atoms with van der Waals surface area (Å²) >= 11 is 0. The first kappa shape index (κ1) is 13.3. The summed E-state index contributed by atoms with van der Waals surface area (Å²) in [6, 6.07) is 14.2. The fourth-order valence-electron chi connectivity index (χ4n) is 1.90. The first-order valence-corrected chi connectivity index (χ1v) is 7.62. The van der Waals surface area contributed by atoms with Crippen LogP contribution in [0.5, 0.6) is 0 Å². The van der Waals surface area contributed by atoms with Crippen molar-refractivity contribution in [2.45, 2.75) is 11.8 Å². The number of hydrogen-bond donors (Lipinski definition) is 0. The van der Waals surface area contributed by atoms with E-state index in [1.165, 1.54) is 6.26 Å². The van der Waals surface area contributed by atoms with Gasteiger partial charge in [0.05, 0.1) is 16.5 Å². The molecule has 2 aromatic rings. The molecule has 96 valence electrons. The Morgan fingerprint density at radius 2 is 1.84 bits per heavy atom. The van der Waals surface area contributed by atoms with Crippen molar-refractivity contribution in [3.05, 3.63) is 53.6 Å². The lowest BCUT2D eigenvalue weighted by molar-refractivity contribution is 0.602. The van der Waals surface area contributed by atoms with Crippen molar-refractivity contribution in [2.24, 2.45) is 0 Å². The monoisotopic (exact) mass is 271 g/mol. The van der Waals surface area contributed by atoms with Crippen LogP contribution in [0.25, 0.3) is 11.1 Å². The SMILES string of the molecule is Cc1ccc(C#N)cc1-c1cccc(S(C)(=O)=O)c1. The predicted octanol–water partition coefficient (Wildman–Crippen LogP) is 2.94. The molecule has 0 bridgehead atoms. The molecular weight excluding hydrogens is 258 g/mol. The first-order valence-electron chi connectivity index (χ1n) is 5.73. The Morgan fingerprint density at radius 3 is 2.47 bits per heavy atom. The second-order valence-electron chi connectivity index (χ2n) is 4.44. The van der Waals surface area contributed by atoms with Gasteiger partial charge in [-0.05, 0) is 47.9 Å². The lowest BCUT2D eigenvalue weighted by atomic mass is 9.98. The van der Waals surface area contributed by atoms with Gasteiger partial charge in [-0.2, -0.15) is 5.26 Å². The minimum Gasteiger partial charge on any atom is -0.224 e. The number of nitrogens with zero attached hydrogens (tertiary/aromatic N) is 1. The van der Waals surface area contributed by atoms with E-state index in [1.807, 2.05) is 19.1 Å². The molecule has 0 aliphatic carbocycles. The maximum atomic E-state index is 11.6. The Balaban J connectivity index is 2.63. The summed E-state index contributed by atoms with van der Waals surface area (Å²) in [5.74, 6) is 0. The van der Waals surface area contributed by atoms with Gasteiger partial charge in [-0.25, -0.2) is 8.42 Å². The first-order chi connectivity index (χ1) is 8.91. The fraction of sp³-hybridized carbons (Fsp3) is 0.133. The predicted molar refractivity (Wildman–Crippen MR) is 74.4 cm³/mol. The highest BCUT2D eigenvalue weighted by molar-refractivity contribution is 7.90. The summed E-state index contributed by atoms with van der Waals surface area (Å²) in [5.41, 5.74) is 3.25. The van der Waals surface area contributed by atoms with Crippen LogP contribution < -0.4 is 0 Å². The maximum Gasteiger partial charge on any atom is 0.175 e. The number of sulfone groups is 1. The summed E-state index contributed by atoms with van der Waals surface area (Å²) in [7, 11) is -3.23. The standard InChI is InChI=1S/C15H13NO2S/c1-11-6-7-12(10-16)8-15(11)13-4-3-5-14(9-13)19(2,17)18/h3-9H,1-2H3. The van der Waals surface area contributed by atoms with Gasteiger partial charge in [-0.1, -0.05) is 18.2 Å². The molecule has 2 rings (SSSR count). The van der Waals surface area contributed by atoms with Gasteiger partial charge in [0.1, 0.15) is 0 Å². The summed E-state index contributed by atoms with van der Waals surface area (Å²) in [6.45, 7) is 1.93. The molecule has 0 radical (unpaired) electrons. The molecule has 0 atom stereocenters. The molecule has 2 aromatic carbocycles. The van der Waals surface area contributed by atoms with Crippen LogP contribution in [0.3, 0.4) is 0 Å². The number of nitriles is 1. The largest absolute Gasteiger partial charge is 0.224 e. The van der Waals surface area contributed by atoms with E-state index in [-0.39, 0.29) is 4.90 Å². The second kappa shape index (κ2) is 4.87. The van der Waals surface area contributed by atoms with E-state index in [0.717, 1.165) is 16.7 Å². The molecule has 3 nitrogen and oxygen atoms in total. The molecule has 0 aliphatic rings. The third-order valence-corrected chi connectivity index (χ3v) is 4.05. The van der Waals surface area contributed by atoms with Gasteiger partial charge in [0.2, 0.25) is 0 Å². The summed E-state index contributed by atoms with van der Waals surface area (Å²) in [6.07, 6.45) is 1.19. The van der Waals surface area contributed by atoms with E-state index in [4.69, 9.17) is 5.26 Å². The number of rotatable bonds is 2. The Kier molecular flexibility index (Phi) is 3.41. The van der Waals surface area contributed by atoms with E-state index in [0.29, 0.717) is 5.56 Å². The van der Waals surface area contributed by atoms with Gasteiger partial charge in [0, 0.05) is 6.26 Å². The van der Waals surface area contributed by atoms with Crippen LogP contribution in [0.1, 0.15) is 11.1 Å². The van der Waals surface area contributed by atoms with Crippen LogP contribution in [-0.2, 0) is 9.84 Å². The van der Waals surface area contributed by atoms with Crippen molar-refractivity contribution in [1.29, 1.82) is 5.26 Å². The zero-order chi connectivity index (χ0) is 14.0. The highest BCUT2D eigenvalue weighted by atomic mass is 32.2.